The van der Waals surface area contributed by atoms with Crippen molar-refractivity contribution < 1.29 is 14.3 Å². The lowest BCUT2D eigenvalue weighted by Gasteiger charge is -2.27. The molecule has 1 unspecified atom stereocenters. The van der Waals surface area contributed by atoms with Crippen LogP contribution in [0.1, 0.15) is 38.5 Å². The summed E-state index contributed by atoms with van der Waals surface area (Å²) in [6, 6.07) is 6.87. The summed E-state index contributed by atoms with van der Waals surface area (Å²) in [4.78, 5) is 27.1. The molecule has 0 radical (unpaired) electrons. The maximum absolute atomic E-state index is 12.7. The van der Waals surface area contributed by atoms with Crippen molar-refractivity contribution in [1.82, 2.24) is 4.90 Å². The number of thioether (sulfide) groups is 1. The quantitative estimate of drug-likeness (QED) is 0.871. The number of anilines is 1. The summed E-state index contributed by atoms with van der Waals surface area (Å²) < 4.78 is 5.13. The minimum atomic E-state index is -0.372. The second-order valence-electron chi connectivity index (χ2n) is 6.81. The average molecular weight is 362 g/mol. The number of methoxy groups -OCH3 is 1. The van der Waals surface area contributed by atoms with E-state index in [4.69, 9.17) is 4.74 Å². The summed E-state index contributed by atoms with van der Waals surface area (Å²) in [5.41, 5.74) is 0.724. The molecule has 2 fully saturated rings. The van der Waals surface area contributed by atoms with Gasteiger partial charge in [-0.15, -0.1) is 11.8 Å². The molecule has 2 aliphatic rings. The fourth-order valence-corrected chi connectivity index (χ4v) is 4.74. The number of ether oxygens (including phenoxy) is 1. The standard InChI is InChI=1S/C19H26N2O3S/c1-24-16-9-7-15(8-10-16)20-19(23)17-12-25-13-21(17)18(22)11-14-5-3-2-4-6-14/h7-10,14,17H,2-6,11-13H2,1H3,(H,20,23). The van der Waals surface area contributed by atoms with Crippen LogP contribution in [0.5, 0.6) is 5.75 Å². The molecule has 1 saturated heterocycles. The summed E-state index contributed by atoms with van der Waals surface area (Å²) in [5.74, 6) is 2.56. The number of rotatable bonds is 5. The molecule has 0 spiro atoms. The maximum atomic E-state index is 12.7. The van der Waals surface area contributed by atoms with Crippen LogP contribution in [0, 0.1) is 5.92 Å². The molecule has 6 heteroatoms. The molecule has 136 valence electrons. The van der Waals surface area contributed by atoms with E-state index in [9.17, 15) is 9.59 Å². The fraction of sp³-hybridized carbons (Fsp3) is 0.579. The third-order valence-corrected chi connectivity index (χ3v) is 6.06. The third kappa shape index (κ3) is 4.69. The van der Waals surface area contributed by atoms with Crippen molar-refractivity contribution in [3.8, 4) is 5.75 Å². The Morgan fingerprint density at radius 3 is 2.60 bits per heavy atom. The highest BCUT2D eigenvalue weighted by atomic mass is 32.2. The highest BCUT2D eigenvalue weighted by molar-refractivity contribution is 7.99. The Hall–Kier alpha value is -1.69. The Morgan fingerprint density at radius 1 is 1.20 bits per heavy atom. The van der Waals surface area contributed by atoms with Crippen molar-refractivity contribution in [2.75, 3.05) is 24.1 Å². The van der Waals surface area contributed by atoms with Crippen LogP contribution in [-0.2, 0) is 9.59 Å². The van der Waals surface area contributed by atoms with Crippen LogP contribution < -0.4 is 10.1 Å². The third-order valence-electron chi connectivity index (χ3n) is 5.05. The first-order chi connectivity index (χ1) is 12.2. The van der Waals surface area contributed by atoms with Crippen LogP contribution in [0.3, 0.4) is 0 Å². The molecule has 0 aromatic heterocycles. The zero-order valence-corrected chi connectivity index (χ0v) is 15.5. The summed E-state index contributed by atoms with van der Waals surface area (Å²) in [5, 5.41) is 2.92. The minimum Gasteiger partial charge on any atom is -0.497 e. The second-order valence-corrected chi connectivity index (χ2v) is 7.80. The zero-order chi connectivity index (χ0) is 17.6. The monoisotopic (exact) mass is 362 g/mol. The van der Waals surface area contributed by atoms with Crippen molar-refractivity contribution in [2.24, 2.45) is 5.92 Å². The number of nitrogens with one attached hydrogen (secondary N) is 1. The largest absolute Gasteiger partial charge is 0.497 e. The van der Waals surface area contributed by atoms with E-state index in [-0.39, 0.29) is 17.9 Å². The molecule has 1 heterocycles. The van der Waals surface area contributed by atoms with Gasteiger partial charge in [0.1, 0.15) is 11.8 Å². The van der Waals surface area contributed by atoms with Crippen LogP contribution in [0.4, 0.5) is 5.69 Å². The number of carbonyl (C=O) groups is 2. The molecule has 3 rings (SSSR count). The molecule has 5 nitrogen and oxygen atoms in total. The fourth-order valence-electron chi connectivity index (χ4n) is 3.56. The summed E-state index contributed by atoms with van der Waals surface area (Å²) in [6.07, 6.45) is 6.64. The van der Waals surface area contributed by atoms with E-state index in [1.807, 2.05) is 24.3 Å². The maximum Gasteiger partial charge on any atom is 0.248 e. The summed E-state index contributed by atoms with van der Waals surface area (Å²) in [6.45, 7) is 0. The topological polar surface area (TPSA) is 58.6 Å². The molecule has 25 heavy (non-hydrogen) atoms. The number of benzene rings is 1. The van der Waals surface area contributed by atoms with Crippen LogP contribution in [-0.4, -0.2) is 41.5 Å². The highest BCUT2D eigenvalue weighted by Crippen LogP contribution is 2.29. The van der Waals surface area contributed by atoms with E-state index in [2.05, 4.69) is 5.32 Å². The minimum absolute atomic E-state index is 0.104. The van der Waals surface area contributed by atoms with Crippen molar-refractivity contribution in [3.05, 3.63) is 24.3 Å². The summed E-state index contributed by atoms with van der Waals surface area (Å²) in [7, 11) is 1.61. The van der Waals surface area contributed by atoms with Crippen molar-refractivity contribution in [2.45, 2.75) is 44.6 Å². The first-order valence-electron chi connectivity index (χ1n) is 8.99. The molecule has 1 saturated carbocycles. The first-order valence-corrected chi connectivity index (χ1v) is 10.1. The molecular formula is C19H26N2O3S. The van der Waals surface area contributed by atoms with Crippen molar-refractivity contribution >= 4 is 29.3 Å². The van der Waals surface area contributed by atoms with Crippen LogP contribution in [0.25, 0.3) is 0 Å². The molecular weight excluding hydrogens is 336 g/mol. The molecule has 2 amide bonds. The Labute approximate surface area is 153 Å². The lowest BCUT2D eigenvalue weighted by Crippen LogP contribution is -2.45. The molecule has 1 aliphatic carbocycles. The van der Waals surface area contributed by atoms with Gasteiger partial charge in [-0.3, -0.25) is 9.59 Å². The van der Waals surface area contributed by atoms with Gasteiger partial charge in [0.05, 0.1) is 13.0 Å². The van der Waals surface area contributed by atoms with Gasteiger partial charge < -0.3 is 15.0 Å². The van der Waals surface area contributed by atoms with E-state index in [1.54, 1.807) is 23.8 Å². The number of amides is 2. The van der Waals surface area contributed by atoms with Gasteiger partial charge in [-0.05, 0) is 43.0 Å². The van der Waals surface area contributed by atoms with Gasteiger partial charge in [0, 0.05) is 17.9 Å². The first kappa shape index (κ1) is 18.1. The molecule has 1 atom stereocenters. The van der Waals surface area contributed by atoms with E-state index in [0.717, 1.165) is 24.3 Å². The Balaban J connectivity index is 1.57. The molecule has 1 aromatic carbocycles. The zero-order valence-electron chi connectivity index (χ0n) is 14.7. The highest BCUT2D eigenvalue weighted by Gasteiger charge is 2.35. The summed E-state index contributed by atoms with van der Waals surface area (Å²) >= 11 is 1.65. The van der Waals surface area contributed by atoms with Gasteiger partial charge in [0.25, 0.3) is 0 Å². The average Bonchev–Trinajstić information content (AvgIpc) is 3.13. The van der Waals surface area contributed by atoms with Gasteiger partial charge >= 0.3 is 0 Å². The Kier molecular flexibility index (Phi) is 6.24. The van der Waals surface area contributed by atoms with Gasteiger partial charge in [-0.2, -0.15) is 0 Å². The number of hydrogen-bond acceptors (Lipinski definition) is 4. The van der Waals surface area contributed by atoms with Gasteiger partial charge in [0.15, 0.2) is 0 Å². The second kappa shape index (κ2) is 8.61. The lowest BCUT2D eigenvalue weighted by molar-refractivity contribution is -0.137. The molecule has 1 N–H and O–H groups in total. The van der Waals surface area contributed by atoms with Crippen LogP contribution >= 0.6 is 11.8 Å². The predicted molar refractivity (Wildman–Crippen MR) is 101 cm³/mol. The number of hydrogen-bond donors (Lipinski definition) is 1. The Morgan fingerprint density at radius 2 is 1.92 bits per heavy atom. The van der Waals surface area contributed by atoms with Crippen LogP contribution in [0.15, 0.2) is 24.3 Å². The SMILES string of the molecule is COc1ccc(NC(=O)C2CSCN2C(=O)CC2CCCCC2)cc1. The van der Waals surface area contributed by atoms with Gasteiger partial charge in [0.2, 0.25) is 11.8 Å². The smallest absolute Gasteiger partial charge is 0.248 e. The molecule has 0 bridgehead atoms. The van der Waals surface area contributed by atoms with E-state index >= 15 is 0 Å². The van der Waals surface area contributed by atoms with E-state index < -0.39 is 0 Å². The number of carbonyl (C=O) groups excluding carboxylic acids is 2. The number of nitrogens with zero attached hydrogens (tertiary/aromatic N) is 1. The predicted octanol–water partition coefficient (Wildman–Crippen LogP) is 3.51. The van der Waals surface area contributed by atoms with E-state index in [0.29, 0.717) is 24.0 Å². The van der Waals surface area contributed by atoms with Gasteiger partial charge in [-0.25, -0.2) is 0 Å². The van der Waals surface area contributed by atoms with Crippen molar-refractivity contribution in [3.63, 3.8) is 0 Å². The van der Waals surface area contributed by atoms with E-state index in [1.165, 1.54) is 19.3 Å². The van der Waals surface area contributed by atoms with Crippen LogP contribution in [0.2, 0.25) is 0 Å². The van der Waals surface area contributed by atoms with Crippen molar-refractivity contribution in [1.29, 1.82) is 0 Å². The lowest BCUT2D eigenvalue weighted by atomic mass is 9.86. The molecule has 1 aromatic rings. The van der Waals surface area contributed by atoms with Gasteiger partial charge in [-0.1, -0.05) is 19.3 Å². The normalized spacial score (nSPS) is 21.2. The Bertz CT molecular complexity index is 599. The molecule has 1 aliphatic heterocycles.